The molecular weight excluding hydrogens is 272 g/mol. The number of hydrogen-bond donors (Lipinski definition) is 5. The fraction of sp³-hybridized carbons (Fsp3) is 0.846. The standard InChI is InChI=1S/C13H32N6O2/c1-7-12(8-2)14-19(10-4)21-18-16-15-17-20-13(9-3)11(5)6/h10-18H,4,7-9H2,1-3,5-6H3. The first-order valence-electron chi connectivity index (χ1n) is 7.59. The largest absolute Gasteiger partial charge is 0.282 e. The molecule has 126 valence electrons. The molecule has 0 radical (unpaired) electrons. The quantitative estimate of drug-likeness (QED) is 0.244. The molecule has 21 heavy (non-hydrogen) atoms. The highest BCUT2D eigenvalue weighted by molar-refractivity contribution is 4.64. The Morgan fingerprint density at radius 2 is 1.67 bits per heavy atom. The van der Waals surface area contributed by atoms with Crippen molar-refractivity contribution in [3.05, 3.63) is 12.8 Å². The van der Waals surface area contributed by atoms with Crippen LogP contribution in [0.25, 0.3) is 0 Å². The van der Waals surface area contributed by atoms with Gasteiger partial charge in [0.05, 0.1) is 6.10 Å². The molecule has 0 aliphatic carbocycles. The summed E-state index contributed by atoms with van der Waals surface area (Å²) in [5.74, 6) is 0.439. The van der Waals surface area contributed by atoms with Gasteiger partial charge in [-0.05, 0) is 25.2 Å². The van der Waals surface area contributed by atoms with Gasteiger partial charge in [-0.1, -0.05) is 46.8 Å². The van der Waals surface area contributed by atoms with E-state index in [9.17, 15) is 0 Å². The molecule has 8 nitrogen and oxygen atoms in total. The van der Waals surface area contributed by atoms with Gasteiger partial charge in [0.1, 0.15) is 0 Å². The highest BCUT2D eigenvalue weighted by Crippen LogP contribution is 2.07. The third kappa shape index (κ3) is 9.75. The lowest BCUT2D eigenvalue weighted by Crippen LogP contribution is -2.54. The monoisotopic (exact) mass is 304 g/mol. The molecular formula is C13H32N6O2. The van der Waals surface area contributed by atoms with Gasteiger partial charge < -0.3 is 0 Å². The highest BCUT2D eigenvalue weighted by atomic mass is 16.9. The predicted octanol–water partition coefficient (Wildman–Crippen LogP) is 1.44. The van der Waals surface area contributed by atoms with Crippen LogP contribution in [0, 0.1) is 5.92 Å². The lowest BCUT2D eigenvalue weighted by Gasteiger charge is -2.25. The van der Waals surface area contributed by atoms with E-state index in [1.807, 2.05) is 0 Å². The number of rotatable bonds is 14. The van der Waals surface area contributed by atoms with Crippen molar-refractivity contribution in [1.29, 1.82) is 0 Å². The molecule has 0 aliphatic rings. The SMILES string of the molecule is C=CN(NC(CC)CC)ONNNNOC(CC)C(C)C. The van der Waals surface area contributed by atoms with E-state index in [4.69, 9.17) is 9.78 Å². The first kappa shape index (κ1) is 20.3. The Morgan fingerprint density at radius 3 is 2.14 bits per heavy atom. The van der Waals surface area contributed by atoms with E-state index >= 15 is 0 Å². The zero-order chi connectivity index (χ0) is 16.1. The van der Waals surface area contributed by atoms with Crippen molar-refractivity contribution in [1.82, 2.24) is 32.8 Å². The van der Waals surface area contributed by atoms with Crippen LogP contribution >= 0.6 is 0 Å². The molecule has 0 aromatic heterocycles. The zero-order valence-corrected chi connectivity index (χ0v) is 13.9. The van der Waals surface area contributed by atoms with Crippen molar-refractivity contribution in [2.45, 2.75) is 66.0 Å². The van der Waals surface area contributed by atoms with Crippen molar-refractivity contribution in [2.75, 3.05) is 0 Å². The van der Waals surface area contributed by atoms with Crippen molar-refractivity contribution >= 4 is 0 Å². The van der Waals surface area contributed by atoms with Gasteiger partial charge in [-0.3, -0.25) is 4.84 Å². The second-order valence-electron chi connectivity index (χ2n) is 5.00. The molecule has 0 rings (SSSR count). The molecule has 0 bridgehead atoms. The van der Waals surface area contributed by atoms with Crippen LogP contribution in [0.3, 0.4) is 0 Å². The summed E-state index contributed by atoms with van der Waals surface area (Å²) in [6, 6.07) is 0.329. The second kappa shape index (κ2) is 13.0. The fourth-order valence-electron chi connectivity index (χ4n) is 1.69. The Labute approximate surface area is 128 Å². The average molecular weight is 304 g/mol. The molecule has 0 saturated carbocycles. The van der Waals surface area contributed by atoms with Crippen molar-refractivity contribution < 1.29 is 9.78 Å². The van der Waals surface area contributed by atoms with Crippen LogP contribution in [0.1, 0.15) is 53.9 Å². The normalized spacial score (nSPS) is 12.9. The summed E-state index contributed by atoms with van der Waals surface area (Å²) >= 11 is 0. The van der Waals surface area contributed by atoms with Crippen LogP contribution in [0.15, 0.2) is 12.8 Å². The molecule has 0 saturated heterocycles. The summed E-state index contributed by atoms with van der Waals surface area (Å²) in [6.45, 7) is 14.2. The Bertz CT molecular complexity index is 251. The molecule has 0 aromatic rings. The van der Waals surface area contributed by atoms with Gasteiger partial charge in [0.15, 0.2) is 0 Å². The number of hydrazine groups is 4. The van der Waals surface area contributed by atoms with Crippen LogP contribution in [0.2, 0.25) is 0 Å². The zero-order valence-electron chi connectivity index (χ0n) is 13.9. The average Bonchev–Trinajstić information content (AvgIpc) is 2.49. The molecule has 8 heteroatoms. The third-order valence-electron chi connectivity index (χ3n) is 3.13. The molecule has 0 aromatic carbocycles. The van der Waals surface area contributed by atoms with Crippen molar-refractivity contribution in [2.24, 2.45) is 5.92 Å². The van der Waals surface area contributed by atoms with E-state index < -0.39 is 0 Å². The van der Waals surface area contributed by atoms with Crippen molar-refractivity contribution in [3.8, 4) is 0 Å². The van der Waals surface area contributed by atoms with Gasteiger partial charge in [-0.2, -0.15) is 21.2 Å². The van der Waals surface area contributed by atoms with E-state index in [1.54, 1.807) is 0 Å². The van der Waals surface area contributed by atoms with E-state index in [0.717, 1.165) is 19.3 Å². The Balaban J connectivity index is 3.70. The molecule has 1 atom stereocenters. The Kier molecular flexibility index (Phi) is 12.5. The fourth-order valence-corrected chi connectivity index (χ4v) is 1.69. The number of hydrogen-bond acceptors (Lipinski definition) is 8. The van der Waals surface area contributed by atoms with Gasteiger partial charge >= 0.3 is 0 Å². The van der Waals surface area contributed by atoms with E-state index in [2.05, 4.69) is 68.9 Å². The van der Waals surface area contributed by atoms with Crippen LogP contribution in [0.5, 0.6) is 0 Å². The van der Waals surface area contributed by atoms with Gasteiger partial charge in [-0.25, -0.2) is 5.43 Å². The molecule has 5 N–H and O–H groups in total. The summed E-state index contributed by atoms with van der Waals surface area (Å²) in [4.78, 5) is 10.6. The van der Waals surface area contributed by atoms with Crippen molar-refractivity contribution in [3.63, 3.8) is 0 Å². The minimum Gasteiger partial charge on any atom is -0.282 e. The molecule has 1 unspecified atom stereocenters. The van der Waals surface area contributed by atoms with Gasteiger partial charge in [0.2, 0.25) is 0 Å². The van der Waals surface area contributed by atoms with E-state index in [1.165, 1.54) is 11.4 Å². The Hall–Kier alpha value is -0.740. The lowest BCUT2D eigenvalue weighted by molar-refractivity contribution is -0.235. The first-order valence-corrected chi connectivity index (χ1v) is 7.59. The lowest BCUT2D eigenvalue weighted by atomic mass is 10.1. The smallest absolute Gasteiger partial charge is 0.0827 e. The minimum atomic E-state index is 0.140. The Morgan fingerprint density at radius 1 is 1.05 bits per heavy atom. The minimum absolute atomic E-state index is 0.140. The third-order valence-corrected chi connectivity index (χ3v) is 3.13. The summed E-state index contributed by atoms with van der Waals surface area (Å²) < 4.78 is 0. The van der Waals surface area contributed by atoms with Gasteiger partial charge in [0, 0.05) is 12.2 Å². The maximum Gasteiger partial charge on any atom is 0.0827 e. The second-order valence-corrected chi connectivity index (χ2v) is 5.00. The molecule has 0 fully saturated rings. The molecule has 0 spiro atoms. The summed E-state index contributed by atoms with van der Waals surface area (Å²) in [7, 11) is 0. The van der Waals surface area contributed by atoms with Gasteiger partial charge in [-0.15, -0.1) is 5.59 Å². The number of nitrogens with one attached hydrogen (secondary N) is 5. The number of nitrogens with zero attached hydrogens (tertiary/aromatic N) is 1. The van der Waals surface area contributed by atoms with Crippen LogP contribution in [-0.2, 0) is 9.78 Å². The van der Waals surface area contributed by atoms with Crippen LogP contribution in [-0.4, -0.2) is 17.3 Å². The molecule has 0 amide bonds. The maximum atomic E-state index is 5.42. The van der Waals surface area contributed by atoms with Gasteiger partial charge in [0.25, 0.3) is 0 Å². The topological polar surface area (TPSA) is 81.9 Å². The predicted molar refractivity (Wildman–Crippen MR) is 83.2 cm³/mol. The highest BCUT2D eigenvalue weighted by Gasteiger charge is 2.11. The number of hydroxylamine groups is 1. The van der Waals surface area contributed by atoms with Crippen LogP contribution in [0.4, 0.5) is 0 Å². The summed E-state index contributed by atoms with van der Waals surface area (Å²) in [5, 5.41) is 1.40. The van der Waals surface area contributed by atoms with E-state index in [0.29, 0.717) is 12.0 Å². The maximum absolute atomic E-state index is 5.42. The molecule has 0 aliphatic heterocycles. The summed E-state index contributed by atoms with van der Waals surface area (Å²) in [6.07, 6.45) is 4.60. The van der Waals surface area contributed by atoms with E-state index in [-0.39, 0.29) is 6.10 Å². The molecule has 0 heterocycles. The first-order chi connectivity index (χ1) is 10.1. The van der Waals surface area contributed by atoms with Crippen LogP contribution < -0.4 is 27.7 Å². The summed E-state index contributed by atoms with van der Waals surface area (Å²) in [5.41, 5.74) is 13.5.